The van der Waals surface area contributed by atoms with Crippen LogP contribution in [-0.2, 0) is 11.3 Å². The van der Waals surface area contributed by atoms with Crippen molar-refractivity contribution in [2.75, 3.05) is 5.32 Å². The summed E-state index contributed by atoms with van der Waals surface area (Å²) in [6.07, 6.45) is 2.94. The number of benzene rings is 1. The zero-order chi connectivity index (χ0) is 20.6. The lowest BCUT2D eigenvalue weighted by atomic mass is 10.2. The smallest absolute Gasteiger partial charge is 0.320 e. The van der Waals surface area contributed by atoms with Crippen molar-refractivity contribution in [3.8, 4) is 11.5 Å². The maximum Gasteiger partial charge on any atom is 0.320 e. The fourth-order valence-corrected chi connectivity index (χ4v) is 2.32. The maximum atomic E-state index is 11.9. The Labute approximate surface area is 165 Å². The molecule has 2 heterocycles. The van der Waals surface area contributed by atoms with Crippen LogP contribution in [0, 0.1) is 0 Å². The number of aromatic nitrogens is 2. The number of ether oxygens (including phenoxy) is 1. The molecule has 0 aliphatic heterocycles. The van der Waals surface area contributed by atoms with Gasteiger partial charge in [-0.15, -0.1) is 0 Å². The topological polar surface area (TPSA) is 136 Å². The van der Waals surface area contributed by atoms with E-state index in [2.05, 4.69) is 20.6 Å². The number of primary amides is 1. The highest BCUT2D eigenvalue weighted by Crippen LogP contribution is 2.22. The third-order valence-electron chi connectivity index (χ3n) is 3.71. The molecule has 3 aromatic rings. The molecule has 0 atom stereocenters. The molecule has 29 heavy (non-hydrogen) atoms. The van der Waals surface area contributed by atoms with Crippen molar-refractivity contribution in [1.29, 1.82) is 0 Å². The van der Waals surface area contributed by atoms with Crippen LogP contribution in [0.5, 0.6) is 11.5 Å². The Hall–Kier alpha value is -4.27. The summed E-state index contributed by atoms with van der Waals surface area (Å²) in [6, 6.07) is 14.7. The van der Waals surface area contributed by atoms with Gasteiger partial charge in [-0.25, -0.2) is 9.78 Å². The van der Waals surface area contributed by atoms with Crippen LogP contribution in [0.1, 0.15) is 16.1 Å². The molecular formula is C20H17N5O4. The van der Waals surface area contributed by atoms with Gasteiger partial charge in [-0.2, -0.15) is 0 Å². The summed E-state index contributed by atoms with van der Waals surface area (Å²) in [4.78, 5) is 42.3. The lowest BCUT2D eigenvalue weighted by molar-refractivity contribution is -0.114. The van der Waals surface area contributed by atoms with Gasteiger partial charge in [-0.3, -0.25) is 19.9 Å². The number of hydrogen-bond acceptors (Lipinski definition) is 6. The van der Waals surface area contributed by atoms with Gasteiger partial charge in [0.15, 0.2) is 0 Å². The Balaban J connectivity index is 1.55. The highest BCUT2D eigenvalue weighted by molar-refractivity contribution is 6.41. The first kappa shape index (κ1) is 19.5. The molecule has 9 nitrogen and oxygen atoms in total. The van der Waals surface area contributed by atoms with Gasteiger partial charge in [0.1, 0.15) is 23.0 Å². The molecule has 0 radical (unpaired) electrons. The molecule has 0 saturated carbocycles. The minimum atomic E-state index is -1.08. The molecule has 9 heteroatoms. The second kappa shape index (κ2) is 9.09. The molecule has 2 aromatic heterocycles. The normalized spacial score (nSPS) is 10.1. The van der Waals surface area contributed by atoms with Crippen LogP contribution in [-0.4, -0.2) is 27.7 Å². The summed E-state index contributed by atoms with van der Waals surface area (Å²) in [5.74, 6) is -0.666. The van der Waals surface area contributed by atoms with E-state index in [-0.39, 0.29) is 11.7 Å². The zero-order valence-corrected chi connectivity index (χ0v) is 15.2. The van der Waals surface area contributed by atoms with Crippen molar-refractivity contribution in [3.05, 3.63) is 78.2 Å². The Morgan fingerprint density at radius 3 is 2.41 bits per heavy atom. The van der Waals surface area contributed by atoms with E-state index in [4.69, 9.17) is 10.5 Å². The van der Waals surface area contributed by atoms with E-state index in [1.54, 1.807) is 54.7 Å². The van der Waals surface area contributed by atoms with Gasteiger partial charge in [-0.1, -0.05) is 18.2 Å². The van der Waals surface area contributed by atoms with E-state index in [9.17, 15) is 14.4 Å². The lowest BCUT2D eigenvalue weighted by Gasteiger charge is -2.09. The van der Waals surface area contributed by atoms with Crippen LogP contribution in [0.25, 0.3) is 0 Å². The molecule has 3 rings (SSSR count). The number of anilines is 1. The molecule has 3 amide bonds. The number of Topliss-reactive ketones (excluding diaryl/α,β-unsaturated/α-hetero) is 1. The van der Waals surface area contributed by atoms with E-state index in [1.165, 1.54) is 12.3 Å². The van der Waals surface area contributed by atoms with Gasteiger partial charge in [-0.05, 0) is 35.9 Å². The SMILES string of the molecule is NC(=O)C(=O)c1cc(Oc2ccc(CNC(=O)Nc3ccccn3)cc2)ccn1. The largest absolute Gasteiger partial charge is 0.457 e. The Morgan fingerprint density at radius 2 is 1.72 bits per heavy atom. The highest BCUT2D eigenvalue weighted by atomic mass is 16.5. The fourth-order valence-electron chi connectivity index (χ4n) is 2.32. The number of nitrogens with two attached hydrogens (primary N) is 1. The molecule has 146 valence electrons. The van der Waals surface area contributed by atoms with Crippen molar-refractivity contribution >= 4 is 23.5 Å². The molecule has 0 unspecified atom stereocenters. The number of hydrogen-bond donors (Lipinski definition) is 3. The standard InChI is InChI=1S/C20H17N5O4/c21-19(27)18(26)16-11-15(8-10-22-16)29-14-6-4-13(5-7-14)12-24-20(28)25-17-3-1-2-9-23-17/h1-11H,12H2,(H2,21,27)(H2,23,24,25,28). The number of nitrogens with one attached hydrogen (secondary N) is 2. The summed E-state index contributed by atoms with van der Waals surface area (Å²) >= 11 is 0. The predicted molar refractivity (Wildman–Crippen MR) is 104 cm³/mol. The summed E-state index contributed by atoms with van der Waals surface area (Å²) in [5, 5.41) is 5.35. The van der Waals surface area contributed by atoms with Crippen LogP contribution in [0.15, 0.2) is 67.0 Å². The predicted octanol–water partition coefficient (Wildman–Crippen LogP) is 2.26. The third-order valence-corrected chi connectivity index (χ3v) is 3.71. The van der Waals surface area contributed by atoms with Crippen molar-refractivity contribution in [3.63, 3.8) is 0 Å². The first-order valence-corrected chi connectivity index (χ1v) is 8.54. The summed E-state index contributed by atoms with van der Waals surface area (Å²) in [7, 11) is 0. The number of pyridine rings is 2. The van der Waals surface area contributed by atoms with Crippen molar-refractivity contribution in [2.45, 2.75) is 6.54 Å². The Kier molecular flexibility index (Phi) is 6.11. The number of urea groups is 1. The van der Waals surface area contributed by atoms with E-state index in [0.29, 0.717) is 23.9 Å². The van der Waals surface area contributed by atoms with Crippen molar-refractivity contribution in [1.82, 2.24) is 15.3 Å². The second-order valence-corrected chi connectivity index (χ2v) is 5.84. The minimum Gasteiger partial charge on any atom is -0.457 e. The number of carbonyl (C=O) groups is 3. The lowest BCUT2D eigenvalue weighted by Crippen LogP contribution is -2.28. The number of ketones is 1. The van der Waals surface area contributed by atoms with Crippen LogP contribution < -0.4 is 21.1 Å². The monoisotopic (exact) mass is 391 g/mol. The minimum absolute atomic E-state index is 0.0882. The molecule has 0 aliphatic carbocycles. The number of rotatable bonds is 7. The Morgan fingerprint density at radius 1 is 0.931 bits per heavy atom. The number of amides is 3. The van der Waals surface area contributed by atoms with Crippen LogP contribution in [0.4, 0.5) is 10.6 Å². The van der Waals surface area contributed by atoms with E-state index >= 15 is 0 Å². The molecule has 0 spiro atoms. The summed E-state index contributed by atoms with van der Waals surface area (Å²) in [6.45, 7) is 0.311. The van der Waals surface area contributed by atoms with Gasteiger partial charge in [0.25, 0.3) is 11.7 Å². The van der Waals surface area contributed by atoms with Gasteiger partial charge in [0.05, 0.1) is 0 Å². The first-order valence-electron chi connectivity index (χ1n) is 8.54. The van der Waals surface area contributed by atoms with Gasteiger partial charge in [0, 0.05) is 25.0 Å². The van der Waals surface area contributed by atoms with Gasteiger partial charge in [0.2, 0.25) is 0 Å². The first-order chi connectivity index (χ1) is 14.0. The average molecular weight is 391 g/mol. The highest BCUT2D eigenvalue weighted by Gasteiger charge is 2.14. The van der Waals surface area contributed by atoms with Crippen LogP contribution in [0.3, 0.4) is 0 Å². The molecule has 4 N–H and O–H groups in total. The number of nitrogens with zero attached hydrogens (tertiary/aromatic N) is 2. The van der Waals surface area contributed by atoms with Gasteiger partial charge >= 0.3 is 6.03 Å². The van der Waals surface area contributed by atoms with Crippen molar-refractivity contribution < 1.29 is 19.1 Å². The van der Waals surface area contributed by atoms with Crippen LogP contribution >= 0.6 is 0 Å². The third kappa shape index (κ3) is 5.60. The molecule has 0 fully saturated rings. The molecule has 0 saturated heterocycles. The van der Waals surface area contributed by atoms with Gasteiger partial charge < -0.3 is 15.8 Å². The maximum absolute atomic E-state index is 11.9. The molecule has 1 aromatic carbocycles. The zero-order valence-electron chi connectivity index (χ0n) is 15.2. The Bertz CT molecular complexity index is 1020. The van der Waals surface area contributed by atoms with E-state index in [0.717, 1.165) is 5.56 Å². The summed E-state index contributed by atoms with van der Waals surface area (Å²) < 4.78 is 5.66. The van der Waals surface area contributed by atoms with E-state index < -0.39 is 11.7 Å². The molecule has 0 bridgehead atoms. The fraction of sp³-hybridized carbons (Fsp3) is 0.0500. The quantitative estimate of drug-likeness (QED) is 0.417. The van der Waals surface area contributed by atoms with Crippen molar-refractivity contribution in [2.24, 2.45) is 5.73 Å². The van der Waals surface area contributed by atoms with E-state index in [1.807, 2.05) is 0 Å². The molecule has 0 aliphatic rings. The summed E-state index contributed by atoms with van der Waals surface area (Å²) in [5.41, 5.74) is 5.74. The number of carbonyl (C=O) groups excluding carboxylic acids is 3. The average Bonchev–Trinajstić information content (AvgIpc) is 2.73. The molecular weight excluding hydrogens is 374 g/mol. The van der Waals surface area contributed by atoms with Crippen LogP contribution in [0.2, 0.25) is 0 Å². The second-order valence-electron chi connectivity index (χ2n) is 5.84.